The highest BCUT2D eigenvalue weighted by molar-refractivity contribution is 5.97. The maximum atomic E-state index is 12.1. The predicted octanol–water partition coefficient (Wildman–Crippen LogP) is 1.07. The average Bonchev–Trinajstić information content (AvgIpc) is 2.57. The number of β-lactam (4-membered cyclic amide) rings is 1. The van der Waals surface area contributed by atoms with Gasteiger partial charge in [-0.3, -0.25) is 14.3 Å². The van der Waals surface area contributed by atoms with Crippen molar-refractivity contribution in [3.63, 3.8) is 0 Å². The minimum Gasteiger partial charge on any atom is -0.352 e. The molecule has 2 atom stereocenters. The van der Waals surface area contributed by atoms with Gasteiger partial charge in [-0.1, -0.05) is 13.8 Å². The molecule has 1 aliphatic rings. The third-order valence-corrected chi connectivity index (χ3v) is 3.59. The van der Waals surface area contributed by atoms with E-state index >= 15 is 0 Å². The number of Topliss-reactive ketones (excluding diaryl/α,β-unsaturated/α-hetero) is 1. The zero-order chi connectivity index (χ0) is 13.4. The number of carbonyl (C=O) groups excluding carboxylic acids is 2. The maximum Gasteiger partial charge on any atom is 0.225 e. The standard InChI is InChI=1S/C13H19N3O2/c1-7(2)12-10(14-13(12)18)6-11(17)9-5-8(3)16(4)15-9/h5,7,10,12H,6H2,1-4H3,(H,14,18)/t10-,12-/m1/s1. The highest BCUT2D eigenvalue weighted by Gasteiger charge is 2.42. The first kappa shape index (κ1) is 12.8. The molecule has 18 heavy (non-hydrogen) atoms. The van der Waals surface area contributed by atoms with E-state index in [4.69, 9.17) is 0 Å². The molecule has 1 fully saturated rings. The molecule has 1 saturated heterocycles. The highest BCUT2D eigenvalue weighted by atomic mass is 16.2. The van der Waals surface area contributed by atoms with Gasteiger partial charge in [0.05, 0.1) is 5.92 Å². The predicted molar refractivity (Wildman–Crippen MR) is 67.2 cm³/mol. The Bertz CT molecular complexity index is 471. The van der Waals surface area contributed by atoms with Crippen LogP contribution in [0.25, 0.3) is 0 Å². The first-order valence-corrected chi connectivity index (χ1v) is 6.24. The van der Waals surface area contributed by atoms with Crippen LogP contribution in [0, 0.1) is 18.8 Å². The molecule has 1 aliphatic heterocycles. The molecule has 1 aromatic heterocycles. The summed E-state index contributed by atoms with van der Waals surface area (Å²) in [6.07, 6.45) is 0.338. The second kappa shape index (κ2) is 4.55. The summed E-state index contributed by atoms with van der Waals surface area (Å²) in [5.74, 6) is 0.273. The van der Waals surface area contributed by atoms with Crippen molar-refractivity contribution in [3.8, 4) is 0 Å². The van der Waals surface area contributed by atoms with Crippen LogP contribution in [-0.4, -0.2) is 27.5 Å². The first-order chi connectivity index (χ1) is 8.40. The Balaban J connectivity index is 2.02. The number of rotatable bonds is 4. The minimum atomic E-state index is -0.0428. The molecular weight excluding hydrogens is 230 g/mol. The Morgan fingerprint density at radius 1 is 1.56 bits per heavy atom. The first-order valence-electron chi connectivity index (χ1n) is 6.24. The van der Waals surface area contributed by atoms with Gasteiger partial charge in [-0.25, -0.2) is 0 Å². The van der Waals surface area contributed by atoms with Crippen LogP contribution in [0.3, 0.4) is 0 Å². The van der Waals surface area contributed by atoms with Crippen LogP contribution in [0.2, 0.25) is 0 Å². The highest BCUT2D eigenvalue weighted by Crippen LogP contribution is 2.26. The summed E-state index contributed by atoms with van der Waals surface area (Å²) in [4.78, 5) is 23.5. The van der Waals surface area contributed by atoms with E-state index in [-0.39, 0.29) is 29.6 Å². The molecule has 0 aliphatic carbocycles. The minimum absolute atomic E-state index is 0.00523. The SMILES string of the molecule is Cc1cc(C(=O)C[C@H]2NC(=O)[C@@H]2C(C)C)nn1C. The number of nitrogens with one attached hydrogen (secondary N) is 1. The van der Waals surface area contributed by atoms with Crippen molar-refractivity contribution < 1.29 is 9.59 Å². The van der Waals surface area contributed by atoms with Crippen molar-refractivity contribution in [1.82, 2.24) is 15.1 Å². The molecule has 0 bridgehead atoms. The van der Waals surface area contributed by atoms with Gasteiger partial charge in [0, 0.05) is 25.2 Å². The lowest BCUT2D eigenvalue weighted by molar-refractivity contribution is -0.137. The molecule has 1 aromatic rings. The van der Waals surface area contributed by atoms with Crippen molar-refractivity contribution in [2.75, 3.05) is 0 Å². The monoisotopic (exact) mass is 249 g/mol. The van der Waals surface area contributed by atoms with Gasteiger partial charge in [-0.15, -0.1) is 0 Å². The molecule has 1 N–H and O–H groups in total. The van der Waals surface area contributed by atoms with Crippen LogP contribution in [0.5, 0.6) is 0 Å². The third-order valence-electron chi connectivity index (χ3n) is 3.59. The zero-order valence-electron chi connectivity index (χ0n) is 11.2. The van der Waals surface area contributed by atoms with E-state index in [1.807, 2.05) is 27.8 Å². The smallest absolute Gasteiger partial charge is 0.225 e. The summed E-state index contributed by atoms with van der Waals surface area (Å²) < 4.78 is 1.69. The summed E-state index contributed by atoms with van der Waals surface area (Å²) in [5, 5.41) is 6.97. The summed E-state index contributed by atoms with van der Waals surface area (Å²) in [6, 6.07) is 1.75. The van der Waals surface area contributed by atoms with Gasteiger partial charge < -0.3 is 5.32 Å². The Morgan fingerprint density at radius 3 is 2.67 bits per heavy atom. The number of carbonyl (C=O) groups is 2. The fraction of sp³-hybridized carbons (Fsp3) is 0.615. The lowest BCUT2D eigenvalue weighted by atomic mass is 9.79. The fourth-order valence-electron chi connectivity index (χ4n) is 2.40. The van der Waals surface area contributed by atoms with Crippen molar-refractivity contribution in [2.24, 2.45) is 18.9 Å². The third kappa shape index (κ3) is 2.17. The molecule has 0 radical (unpaired) electrons. The Labute approximate surface area is 107 Å². The molecule has 0 unspecified atom stereocenters. The summed E-state index contributed by atoms with van der Waals surface area (Å²) >= 11 is 0. The van der Waals surface area contributed by atoms with E-state index in [0.29, 0.717) is 12.1 Å². The van der Waals surface area contributed by atoms with Gasteiger partial charge in [0.1, 0.15) is 5.69 Å². The number of aromatic nitrogens is 2. The number of amides is 1. The summed E-state index contributed by atoms with van der Waals surface area (Å²) in [5.41, 5.74) is 1.44. The quantitative estimate of drug-likeness (QED) is 0.641. The lowest BCUT2D eigenvalue weighted by Gasteiger charge is -2.38. The Kier molecular flexibility index (Phi) is 3.24. The van der Waals surface area contributed by atoms with Crippen molar-refractivity contribution in [2.45, 2.75) is 33.2 Å². The van der Waals surface area contributed by atoms with Crippen molar-refractivity contribution in [3.05, 3.63) is 17.5 Å². The van der Waals surface area contributed by atoms with E-state index in [2.05, 4.69) is 10.4 Å². The number of ketones is 1. The summed E-state index contributed by atoms with van der Waals surface area (Å²) in [6.45, 7) is 5.92. The number of hydrogen-bond donors (Lipinski definition) is 1. The van der Waals surface area contributed by atoms with E-state index in [1.54, 1.807) is 10.7 Å². The fourth-order valence-corrected chi connectivity index (χ4v) is 2.40. The van der Waals surface area contributed by atoms with Gasteiger partial charge in [0.25, 0.3) is 0 Å². The molecule has 0 saturated carbocycles. The van der Waals surface area contributed by atoms with Crippen molar-refractivity contribution >= 4 is 11.7 Å². The number of aryl methyl sites for hydroxylation is 2. The molecule has 1 amide bonds. The zero-order valence-corrected chi connectivity index (χ0v) is 11.2. The van der Waals surface area contributed by atoms with Crippen LogP contribution in [0.15, 0.2) is 6.07 Å². The lowest BCUT2D eigenvalue weighted by Crippen LogP contribution is -2.60. The van der Waals surface area contributed by atoms with Gasteiger partial charge in [0.15, 0.2) is 5.78 Å². The molecular formula is C13H19N3O2. The molecule has 2 rings (SSSR count). The summed E-state index contributed by atoms with van der Waals surface area (Å²) in [7, 11) is 1.81. The Hall–Kier alpha value is -1.65. The molecule has 5 heteroatoms. The van der Waals surface area contributed by atoms with Crippen LogP contribution in [-0.2, 0) is 11.8 Å². The van der Waals surface area contributed by atoms with E-state index in [1.165, 1.54) is 0 Å². The van der Waals surface area contributed by atoms with Crippen LogP contribution in [0.4, 0.5) is 0 Å². The van der Waals surface area contributed by atoms with Crippen LogP contribution >= 0.6 is 0 Å². The van der Waals surface area contributed by atoms with E-state index in [0.717, 1.165) is 5.69 Å². The topological polar surface area (TPSA) is 64.0 Å². The van der Waals surface area contributed by atoms with Gasteiger partial charge in [-0.2, -0.15) is 5.10 Å². The average molecular weight is 249 g/mol. The molecule has 2 heterocycles. The molecule has 98 valence electrons. The largest absolute Gasteiger partial charge is 0.352 e. The van der Waals surface area contributed by atoms with E-state index in [9.17, 15) is 9.59 Å². The normalized spacial score (nSPS) is 22.8. The Morgan fingerprint density at radius 2 is 2.22 bits per heavy atom. The molecule has 0 spiro atoms. The van der Waals surface area contributed by atoms with Crippen LogP contribution < -0.4 is 5.32 Å². The van der Waals surface area contributed by atoms with Crippen molar-refractivity contribution in [1.29, 1.82) is 0 Å². The number of nitrogens with zero attached hydrogens (tertiary/aromatic N) is 2. The second-order valence-electron chi connectivity index (χ2n) is 5.31. The molecule has 5 nitrogen and oxygen atoms in total. The maximum absolute atomic E-state index is 12.1. The van der Waals surface area contributed by atoms with Crippen LogP contribution in [0.1, 0.15) is 36.5 Å². The van der Waals surface area contributed by atoms with Gasteiger partial charge in [-0.05, 0) is 18.9 Å². The second-order valence-corrected chi connectivity index (χ2v) is 5.31. The van der Waals surface area contributed by atoms with Gasteiger partial charge in [0.2, 0.25) is 5.91 Å². The van der Waals surface area contributed by atoms with Gasteiger partial charge >= 0.3 is 0 Å². The number of hydrogen-bond acceptors (Lipinski definition) is 3. The van der Waals surface area contributed by atoms with E-state index < -0.39 is 0 Å². The molecule has 0 aromatic carbocycles.